The molecule has 0 aliphatic carbocycles. The lowest BCUT2D eigenvalue weighted by molar-refractivity contribution is 0.641. The maximum atomic E-state index is 5.74. The van der Waals surface area contributed by atoms with E-state index in [4.69, 9.17) is 5.84 Å². The van der Waals surface area contributed by atoms with Gasteiger partial charge in [-0.15, -0.1) is 11.3 Å². The Morgan fingerprint density at radius 1 is 1.11 bits per heavy atom. The van der Waals surface area contributed by atoms with E-state index in [1.807, 2.05) is 13.8 Å². The van der Waals surface area contributed by atoms with Crippen LogP contribution >= 0.6 is 11.3 Å². The number of hydrogen-bond acceptors (Lipinski definition) is 4. The van der Waals surface area contributed by atoms with Crippen LogP contribution in [0.1, 0.15) is 52.5 Å². The number of aryl methyl sites for hydroxylation is 2. The number of hydrazine groups is 1. The number of benzene rings is 1. The van der Waals surface area contributed by atoms with Crippen LogP contribution in [0, 0.1) is 13.8 Å². The Hall–Kier alpha value is -1.23. The smallest absolute Gasteiger partial charge is 0.0900 e. The number of nitrogens with two attached hydrogens (primary N) is 1. The summed E-state index contributed by atoms with van der Waals surface area (Å²) in [5.74, 6) is 6.29. The average molecular weight is 275 g/mol. The molecular formula is C15H21N3S. The van der Waals surface area contributed by atoms with Gasteiger partial charge in [0, 0.05) is 0 Å². The minimum atomic E-state index is 0.0208. The molecule has 0 amide bonds. The molecule has 0 spiro atoms. The number of nitrogens with zero attached hydrogens (tertiary/aromatic N) is 1. The Balaban J connectivity index is 2.34. The number of thiazole rings is 1. The molecule has 2 aromatic rings. The first kappa shape index (κ1) is 14.2. The van der Waals surface area contributed by atoms with Crippen molar-refractivity contribution in [3.8, 4) is 0 Å². The van der Waals surface area contributed by atoms with Crippen LogP contribution in [0.25, 0.3) is 0 Å². The van der Waals surface area contributed by atoms with Crippen LogP contribution in [-0.2, 0) is 0 Å². The van der Waals surface area contributed by atoms with Crippen LogP contribution in [-0.4, -0.2) is 4.98 Å². The fourth-order valence-corrected chi connectivity index (χ4v) is 3.23. The average Bonchev–Trinajstić information content (AvgIpc) is 2.70. The molecule has 1 atom stereocenters. The van der Waals surface area contributed by atoms with E-state index in [-0.39, 0.29) is 6.04 Å². The van der Waals surface area contributed by atoms with Gasteiger partial charge in [0.25, 0.3) is 0 Å². The molecule has 102 valence electrons. The normalized spacial score (nSPS) is 12.9. The highest BCUT2D eigenvalue weighted by Crippen LogP contribution is 2.30. The Labute approximate surface area is 118 Å². The van der Waals surface area contributed by atoms with Crippen molar-refractivity contribution < 1.29 is 0 Å². The summed E-state index contributed by atoms with van der Waals surface area (Å²) in [7, 11) is 0. The molecule has 19 heavy (non-hydrogen) atoms. The van der Waals surface area contributed by atoms with Crippen molar-refractivity contribution in [1.82, 2.24) is 10.4 Å². The Bertz CT molecular complexity index is 543. The standard InChI is InChI=1S/C15H21N3S/c1-9(2)12-5-7-13(8-6-12)14(18-16)15-10(3)17-11(4)19-15/h5-9,14,18H,16H2,1-4H3. The van der Waals surface area contributed by atoms with Crippen LogP contribution in [0.5, 0.6) is 0 Å². The lowest BCUT2D eigenvalue weighted by Gasteiger charge is -2.16. The van der Waals surface area contributed by atoms with E-state index in [9.17, 15) is 0 Å². The molecule has 0 fully saturated rings. The minimum absolute atomic E-state index is 0.0208. The molecule has 1 unspecified atom stereocenters. The van der Waals surface area contributed by atoms with Crippen molar-refractivity contribution in [3.63, 3.8) is 0 Å². The number of nitrogens with one attached hydrogen (secondary N) is 1. The van der Waals surface area contributed by atoms with Gasteiger partial charge in [-0.05, 0) is 30.9 Å². The van der Waals surface area contributed by atoms with E-state index >= 15 is 0 Å². The van der Waals surface area contributed by atoms with Crippen molar-refractivity contribution in [2.24, 2.45) is 5.84 Å². The van der Waals surface area contributed by atoms with Crippen LogP contribution in [0.2, 0.25) is 0 Å². The Kier molecular flexibility index (Phi) is 4.34. The van der Waals surface area contributed by atoms with Crippen molar-refractivity contribution in [2.45, 2.75) is 39.7 Å². The molecule has 0 aliphatic heterocycles. The molecule has 0 bridgehead atoms. The quantitative estimate of drug-likeness (QED) is 0.664. The molecule has 0 aliphatic rings. The predicted octanol–water partition coefficient (Wildman–Crippen LogP) is 3.44. The van der Waals surface area contributed by atoms with Gasteiger partial charge in [-0.25, -0.2) is 10.4 Å². The molecule has 1 aromatic carbocycles. The second-order valence-electron chi connectivity index (χ2n) is 5.10. The number of aromatic nitrogens is 1. The zero-order chi connectivity index (χ0) is 14.0. The first-order valence-corrected chi connectivity index (χ1v) is 7.34. The zero-order valence-electron chi connectivity index (χ0n) is 11.9. The molecule has 0 saturated heterocycles. The SMILES string of the molecule is Cc1nc(C)c(C(NN)c2ccc(C(C)C)cc2)s1. The topological polar surface area (TPSA) is 50.9 Å². The molecule has 4 heteroatoms. The molecule has 3 nitrogen and oxygen atoms in total. The summed E-state index contributed by atoms with van der Waals surface area (Å²) in [4.78, 5) is 5.67. The second-order valence-corrected chi connectivity index (χ2v) is 6.34. The summed E-state index contributed by atoms with van der Waals surface area (Å²) < 4.78 is 0. The van der Waals surface area contributed by atoms with Crippen LogP contribution in [0.3, 0.4) is 0 Å². The molecule has 0 radical (unpaired) electrons. The van der Waals surface area contributed by atoms with Gasteiger partial charge in [-0.2, -0.15) is 0 Å². The van der Waals surface area contributed by atoms with E-state index in [0.29, 0.717) is 5.92 Å². The van der Waals surface area contributed by atoms with Gasteiger partial charge in [0.05, 0.1) is 21.6 Å². The van der Waals surface area contributed by atoms with Gasteiger partial charge in [0.15, 0.2) is 0 Å². The lowest BCUT2D eigenvalue weighted by atomic mass is 9.98. The first-order chi connectivity index (χ1) is 9.02. The highest BCUT2D eigenvalue weighted by Gasteiger charge is 2.18. The third-order valence-corrected chi connectivity index (χ3v) is 4.44. The van der Waals surface area contributed by atoms with Crippen molar-refractivity contribution in [2.75, 3.05) is 0 Å². The second kappa shape index (κ2) is 5.82. The third kappa shape index (κ3) is 3.03. The minimum Gasteiger partial charge on any atom is -0.271 e. The van der Waals surface area contributed by atoms with Crippen LogP contribution in [0.15, 0.2) is 24.3 Å². The van der Waals surface area contributed by atoms with E-state index in [0.717, 1.165) is 10.7 Å². The summed E-state index contributed by atoms with van der Waals surface area (Å²) in [6, 6.07) is 8.66. The van der Waals surface area contributed by atoms with Gasteiger partial charge in [0.1, 0.15) is 0 Å². The molecule has 1 heterocycles. The zero-order valence-corrected chi connectivity index (χ0v) is 12.7. The predicted molar refractivity (Wildman–Crippen MR) is 81.3 cm³/mol. The number of rotatable bonds is 4. The molecule has 3 N–H and O–H groups in total. The maximum absolute atomic E-state index is 5.74. The van der Waals surface area contributed by atoms with E-state index in [1.54, 1.807) is 11.3 Å². The fraction of sp³-hybridized carbons (Fsp3) is 0.400. The lowest BCUT2D eigenvalue weighted by Crippen LogP contribution is -2.28. The summed E-state index contributed by atoms with van der Waals surface area (Å²) in [6.45, 7) is 8.46. The van der Waals surface area contributed by atoms with Gasteiger partial charge in [-0.3, -0.25) is 5.84 Å². The summed E-state index contributed by atoms with van der Waals surface area (Å²) in [6.07, 6.45) is 0. The van der Waals surface area contributed by atoms with Crippen molar-refractivity contribution >= 4 is 11.3 Å². The van der Waals surface area contributed by atoms with Crippen molar-refractivity contribution in [1.29, 1.82) is 0 Å². The third-order valence-electron chi connectivity index (χ3n) is 3.30. The Morgan fingerprint density at radius 3 is 2.11 bits per heavy atom. The molecule has 0 saturated carbocycles. The summed E-state index contributed by atoms with van der Waals surface area (Å²) in [5.41, 5.74) is 6.49. The van der Waals surface area contributed by atoms with Crippen LogP contribution in [0.4, 0.5) is 0 Å². The highest BCUT2D eigenvalue weighted by atomic mass is 32.1. The highest BCUT2D eigenvalue weighted by molar-refractivity contribution is 7.11. The van der Waals surface area contributed by atoms with Crippen molar-refractivity contribution in [3.05, 3.63) is 51.0 Å². The summed E-state index contributed by atoms with van der Waals surface area (Å²) >= 11 is 1.70. The molecule has 2 rings (SSSR count). The largest absolute Gasteiger partial charge is 0.271 e. The van der Waals surface area contributed by atoms with Gasteiger partial charge >= 0.3 is 0 Å². The van der Waals surface area contributed by atoms with Crippen LogP contribution < -0.4 is 11.3 Å². The molecular weight excluding hydrogens is 254 g/mol. The van der Waals surface area contributed by atoms with E-state index in [1.165, 1.54) is 16.0 Å². The fourth-order valence-electron chi connectivity index (χ4n) is 2.21. The summed E-state index contributed by atoms with van der Waals surface area (Å²) in [5, 5.41) is 1.08. The van der Waals surface area contributed by atoms with Gasteiger partial charge in [0.2, 0.25) is 0 Å². The molecule has 1 aromatic heterocycles. The van der Waals surface area contributed by atoms with E-state index < -0.39 is 0 Å². The maximum Gasteiger partial charge on any atom is 0.0900 e. The van der Waals surface area contributed by atoms with Gasteiger partial charge in [-0.1, -0.05) is 38.1 Å². The van der Waals surface area contributed by atoms with E-state index in [2.05, 4.69) is 48.5 Å². The monoisotopic (exact) mass is 275 g/mol. The Morgan fingerprint density at radius 2 is 1.68 bits per heavy atom. The van der Waals surface area contributed by atoms with Gasteiger partial charge < -0.3 is 0 Å². The number of hydrogen-bond donors (Lipinski definition) is 2. The first-order valence-electron chi connectivity index (χ1n) is 6.52.